The number of rotatable bonds is 4. The molecule has 2 rings (SSSR count). The summed E-state index contributed by atoms with van der Waals surface area (Å²) in [6.45, 7) is 0.520. The minimum Gasteiger partial charge on any atom is -0.508 e. The van der Waals surface area contributed by atoms with Crippen LogP contribution in [0.15, 0.2) is 48.7 Å². The van der Waals surface area contributed by atoms with E-state index in [-0.39, 0.29) is 11.7 Å². The molecular formula is C15H16N2O2. The number of pyridine rings is 1. The first-order chi connectivity index (χ1) is 9.15. The van der Waals surface area contributed by atoms with Crippen LogP contribution < -0.4 is 0 Å². The summed E-state index contributed by atoms with van der Waals surface area (Å²) in [5.74, 6) is 0.248. The van der Waals surface area contributed by atoms with E-state index in [1.807, 2.05) is 18.2 Å². The molecule has 19 heavy (non-hydrogen) atoms. The van der Waals surface area contributed by atoms with Gasteiger partial charge in [0.05, 0.1) is 6.42 Å². The molecule has 2 aromatic rings. The number of hydrogen-bond acceptors (Lipinski definition) is 3. The van der Waals surface area contributed by atoms with Gasteiger partial charge < -0.3 is 10.0 Å². The van der Waals surface area contributed by atoms with Crippen LogP contribution in [-0.4, -0.2) is 27.9 Å². The lowest BCUT2D eigenvalue weighted by molar-refractivity contribution is -0.129. The minimum atomic E-state index is 0.0202. The Bertz CT molecular complexity index is 538. The summed E-state index contributed by atoms with van der Waals surface area (Å²) in [7, 11) is 1.76. The predicted molar refractivity (Wildman–Crippen MR) is 72.5 cm³/mol. The second kappa shape index (κ2) is 6.00. The number of aromatic nitrogens is 1. The van der Waals surface area contributed by atoms with Crippen molar-refractivity contribution in [3.8, 4) is 5.75 Å². The molecule has 0 radical (unpaired) electrons. The van der Waals surface area contributed by atoms with Crippen LogP contribution in [0.25, 0.3) is 0 Å². The van der Waals surface area contributed by atoms with E-state index >= 15 is 0 Å². The summed E-state index contributed by atoms with van der Waals surface area (Å²) < 4.78 is 0. The first-order valence-electron chi connectivity index (χ1n) is 6.07. The van der Waals surface area contributed by atoms with E-state index < -0.39 is 0 Å². The number of likely N-dealkylation sites (N-methyl/N-ethyl adjacent to an activating group) is 1. The zero-order valence-electron chi connectivity index (χ0n) is 10.8. The van der Waals surface area contributed by atoms with E-state index in [0.717, 1.165) is 11.3 Å². The van der Waals surface area contributed by atoms with Crippen molar-refractivity contribution < 1.29 is 9.90 Å². The van der Waals surface area contributed by atoms with E-state index in [1.54, 1.807) is 42.4 Å². The SMILES string of the molecule is CN(Cc1ccc(O)cc1)C(=O)Cc1ccccn1. The maximum Gasteiger partial charge on any atom is 0.228 e. The van der Waals surface area contributed by atoms with E-state index in [1.165, 1.54) is 0 Å². The molecular weight excluding hydrogens is 240 g/mol. The number of phenols is 1. The van der Waals surface area contributed by atoms with Crippen molar-refractivity contribution in [3.63, 3.8) is 0 Å². The van der Waals surface area contributed by atoms with Crippen molar-refractivity contribution in [1.82, 2.24) is 9.88 Å². The normalized spacial score (nSPS) is 10.2. The van der Waals surface area contributed by atoms with Gasteiger partial charge in [-0.3, -0.25) is 9.78 Å². The van der Waals surface area contributed by atoms with Gasteiger partial charge in [0.25, 0.3) is 0 Å². The Morgan fingerprint density at radius 1 is 1.21 bits per heavy atom. The fourth-order valence-corrected chi connectivity index (χ4v) is 1.76. The number of carbonyl (C=O) groups excluding carboxylic acids is 1. The Morgan fingerprint density at radius 2 is 1.95 bits per heavy atom. The van der Waals surface area contributed by atoms with E-state index in [9.17, 15) is 9.90 Å². The van der Waals surface area contributed by atoms with Crippen LogP contribution >= 0.6 is 0 Å². The molecule has 0 atom stereocenters. The van der Waals surface area contributed by atoms with Gasteiger partial charge >= 0.3 is 0 Å². The molecule has 0 saturated heterocycles. The molecule has 1 N–H and O–H groups in total. The second-order valence-corrected chi connectivity index (χ2v) is 4.41. The number of carbonyl (C=O) groups is 1. The lowest BCUT2D eigenvalue weighted by Gasteiger charge is -2.17. The maximum absolute atomic E-state index is 12.0. The van der Waals surface area contributed by atoms with Gasteiger partial charge in [-0.2, -0.15) is 0 Å². The van der Waals surface area contributed by atoms with Crippen molar-refractivity contribution in [2.45, 2.75) is 13.0 Å². The molecule has 0 saturated carbocycles. The fraction of sp³-hybridized carbons (Fsp3) is 0.200. The summed E-state index contributed by atoms with van der Waals surface area (Å²) in [6.07, 6.45) is 1.98. The average Bonchev–Trinajstić information content (AvgIpc) is 2.42. The molecule has 4 heteroatoms. The molecule has 1 amide bonds. The first-order valence-corrected chi connectivity index (χ1v) is 6.07. The summed E-state index contributed by atoms with van der Waals surface area (Å²) in [6, 6.07) is 12.4. The number of hydrogen-bond donors (Lipinski definition) is 1. The molecule has 1 aromatic carbocycles. The molecule has 0 aliphatic heterocycles. The molecule has 1 heterocycles. The van der Waals surface area contributed by atoms with Crippen LogP contribution in [0.5, 0.6) is 5.75 Å². The number of aromatic hydroxyl groups is 1. The molecule has 4 nitrogen and oxygen atoms in total. The van der Waals surface area contributed by atoms with Gasteiger partial charge in [0, 0.05) is 25.5 Å². The second-order valence-electron chi connectivity index (χ2n) is 4.41. The molecule has 0 spiro atoms. The smallest absolute Gasteiger partial charge is 0.228 e. The highest BCUT2D eigenvalue weighted by Gasteiger charge is 2.10. The highest BCUT2D eigenvalue weighted by molar-refractivity contribution is 5.78. The Kier molecular flexibility index (Phi) is 4.13. The number of amides is 1. The van der Waals surface area contributed by atoms with Crippen molar-refractivity contribution in [1.29, 1.82) is 0 Å². The highest BCUT2D eigenvalue weighted by Crippen LogP contribution is 2.11. The monoisotopic (exact) mass is 256 g/mol. The number of nitrogens with zero attached hydrogens (tertiary/aromatic N) is 2. The van der Waals surface area contributed by atoms with Gasteiger partial charge in [-0.05, 0) is 29.8 Å². The largest absolute Gasteiger partial charge is 0.508 e. The van der Waals surface area contributed by atoms with Gasteiger partial charge in [-0.15, -0.1) is 0 Å². The topological polar surface area (TPSA) is 53.4 Å². The number of phenolic OH excluding ortho intramolecular Hbond substituents is 1. The average molecular weight is 256 g/mol. The Hall–Kier alpha value is -2.36. The molecule has 1 aromatic heterocycles. The van der Waals surface area contributed by atoms with Crippen LogP contribution in [0, 0.1) is 0 Å². The minimum absolute atomic E-state index is 0.0202. The van der Waals surface area contributed by atoms with Crippen molar-refractivity contribution in [3.05, 3.63) is 59.9 Å². The van der Waals surface area contributed by atoms with Crippen LogP contribution in [0.4, 0.5) is 0 Å². The molecule has 0 aliphatic carbocycles. The van der Waals surface area contributed by atoms with Gasteiger partial charge in [0.2, 0.25) is 5.91 Å². The zero-order chi connectivity index (χ0) is 13.7. The quantitative estimate of drug-likeness (QED) is 0.910. The predicted octanol–water partition coefficient (Wildman–Crippen LogP) is 1.99. The lowest BCUT2D eigenvalue weighted by atomic mass is 10.2. The molecule has 0 unspecified atom stereocenters. The summed E-state index contributed by atoms with van der Waals surface area (Å²) in [4.78, 5) is 17.8. The summed E-state index contributed by atoms with van der Waals surface area (Å²) in [5.41, 5.74) is 1.75. The highest BCUT2D eigenvalue weighted by atomic mass is 16.3. The van der Waals surface area contributed by atoms with E-state index in [2.05, 4.69) is 4.98 Å². The Labute approximate surface area is 112 Å². The third-order valence-electron chi connectivity index (χ3n) is 2.84. The standard InChI is InChI=1S/C15H16N2O2/c1-17(11-12-5-7-14(18)8-6-12)15(19)10-13-4-2-3-9-16-13/h2-9,18H,10-11H2,1H3. The van der Waals surface area contributed by atoms with Crippen molar-refractivity contribution in [2.24, 2.45) is 0 Å². The molecule has 0 bridgehead atoms. The van der Waals surface area contributed by atoms with Crippen molar-refractivity contribution >= 4 is 5.91 Å². The van der Waals surface area contributed by atoms with Crippen molar-refractivity contribution in [2.75, 3.05) is 7.05 Å². The van der Waals surface area contributed by atoms with E-state index in [0.29, 0.717) is 13.0 Å². The Balaban J connectivity index is 1.94. The van der Waals surface area contributed by atoms with Crippen LogP contribution in [-0.2, 0) is 17.8 Å². The van der Waals surface area contributed by atoms with Crippen LogP contribution in [0.1, 0.15) is 11.3 Å². The molecule has 0 aliphatic rings. The Morgan fingerprint density at radius 3 is 2.58 bits per heavy atom. The third-order valence-corrected chi connectivity index (χ3v) is 2.84. The van der Waals surface area contributed by atoms with Gasteiger partial charge in [0.15, 0.2) is 0 Å². The lowest BCUT2D eigenvalue weighted by Crippen LogP contribution is -2.27. The molecule has 0 fully saturated rings. The zero-order valence-corrected chi connectivity index (χ0v) is 10.8. The first kappa shape index (κ1) is 13.1. The van der Waals surface area contributed by atoms with Gasteiger partial charge in [-0.1, -0.05) is 18.2 Å². The summed E-state index contributed by atoms with van der Waals surface area (Å²) >= 11 is 0. The fourth-order valence-electron chi connectivity index (χ4n) is 1.76. The van der Waals surface area contributed by atoms with Gasteiger partial charge in [-0.25, -0.2) is 0 Å². The maximum atomic E-state index is 12.0. The van der Waals surface area contributed by atoms with Crippen LogP contribution in [0.3, 0.4) is 0 Å². The number of benzene rings is 1. The molecule has 98 valence electrons. The van der Waals surface area contributed by atoms with E-state index in [4.69, 9.17) is 0 Å². The third kappa shape index (κ3) is 3.81. The van der Waals surface area contributed by atoms with Gasteiger partial charge in [0.1, 0.15) is 5.75 Å². The van der Waals surface area contributed by atoms with Crippen LogP contribution in [0.2, 0.25) is 0 Å². The summed E-state index contributed by atoms with van der Waals surface area (Å²) in [5, 5.41) is 9.21.